The largest absolute Gasteiger partial charge is 0.478 e. The van der Waals surface area contributed by atoms with Crippen molar-refractivity contribution >= 4 is 28.0 Å². The molecule has 0 fully saturated rings. The average Bonchev–Trinajstić information content (AvgIpc) is 2.73. The van der Waals surface area contributed by atoms with Gasteiger partial charge in [0.05, 0.1) is 0 Å². The molecular weight excluding hydrogens is 470 g/mol. The first-order chi connectivity index (χ1) is 15.3. The summed E-state index contributed by atoms with van der Waals surface area (Å²) in [5.74, 6) is -0.507. The first-order valence-corrected chi connectivity index (χ1v) is 12.0. The van der Waals surface area contributed by atoms with Gasteiger partial charge in [0.25, 0.3) is 0 Å². The molecule has 0 bridgehead atoms. The SMILES string of the molecule is CC/C=C/C(CCCCCCC(C)/C(Br)=C/C=C/C=C(C)/C=C/C=C/C(=O)O)OC(N)=O. The van der Waals surface area contributed by atoms with Crippen LogP contribution in [0.15, 0.2) is 70.8 Å². The van der Waals surface area contributed by atoms with Gasteiger partial charge in [-0.2, -0.15) is 0 Å². The lowest BCUT2D eigenvalue weighted by Gasteiger charge is -2.13. The van der Waals surface area contributed by atoms with Crippen LogP contribution >= 0.6 is 15.9 Å². The second-order valence-electron chi connectivity index (χ2n) is 7.61. The summed E-state index contributed by atoms with van der Waals surface area (Å²) in [5, 5.41) is 8.53. The van der Waals surface area contributed by atoms with Gasteiger partial charge in [-0.25, -0.2) is 9.59 Å². The zero-order chi connectivity index (χ0) is 24.2. The molecular formula is C26H38BrNO4. The normalized spacial score (nSPS) is 15.2. The Labute approximate surface area is 201 Å². The van der Waals surface area contributed by atoms with Crippen LogP contribution in [-0.4, -0.2) is 23.3 Å². The molecule has 0 aromatic heterocycles. The number of carboxylic acids is 1. The quantitative estimate of drug-likeness (QED) is 0.0986. The summed E-state index contributed by atoms with van der Waals surface area (Å²) in [6.07, 6.45) is 24.4. The topological polar surface area (TPSA) is 89.6 Å². The van der Waals surface area contributed by atoms with Crippen LogP contribution in [0.4, 0.5) is 4.79 Å². The summed E-state index contributed by atoms with van der Waals surface area (Å²) in [6, 6.07) is 0. The summed E-state index contributed by atoms with van der Waals surface area (Å²) in [6.45, 7) is 6.21. The zero-order valence-electron chi connectivity index (χ0n) is 19.5. The lowest BCUT2D eigenvalue weighted by molar-refractivity contribution is -0.131. The Morgan fingerprint density at radius 3 is 2.25 bits per heavy atom. The molecule has 0 aromatic carbocycles. The van der Waals surface area contributed by atoms with Gasteiger partial charge in [0.15, 0.2) is 0 Å². The Morgan fingerprint density at radius 2 is 1.62 bits per heavy atom. The number of halogens is 1. The van der Waals surface area contributed by atoms with Gasteiger partial charge < -0.3 is 15.6 Å². The summed E-state index contributed by atoms with van der Waals surface area (Å²) in [5.41, 5.74) is 6.16. The van der Waals surface area contributed by atoms with Crippen molar-refractivity contribution in [1.82, 2.24) is 0 Å². The number of hydrogen-bond acceptors (Lipinski definition) is 3. The molecule has 32 heavy (non-hydrogen) atoms. The van der Waals surface area contributed by atoms with E-state index in [2.05, 4.69) is 28.9 Å². The smallest absolute Gasteiger partial charge is 0.405 e. The Morgan fingerprint density at radius 1 is 1.00 bits per heavy atom. The lowest BCUT2D eigenvalue weighted by atomic mass is 10.0. The molecule has 0 aliphatic heterocycles. The number of amides is 1. The van der Waals surface area contributed by atoms with Crippen LogP contribution in [0.5, 0.6) is 0 Å². The fourth-order valence-electron chi connectivity index (χ4n) is 2.84. The summed E-state index contributed by atoms with van der Waals surface area (Å²) < 4.78 is 6.29. The Balaban J connectivity index is 4.22. The van der Waals surface area contributed by atoms with Crippen molar-refractivity contribution in [2.75, 3.05) is 0 Å². The molecule has 178 valence electrons. The molecule has 5 nitrogen and oxygen atoms in total. The van der Waals surface area contributed by atoms with E-state index < -0.39 is 12.1 Å². The fraction of sp³-hybridized carbons (Fsp3) is 0.462. The minimum absolute atomic E-state index is 0.218. The Bertz CT molecular complexity index is 732. The van der Waals surface area contributed by atoms with Crippen molar-refractivity contribution in [3.8, 4) is 0 Å². The Kier molecular flexibility index (Phi) is 17.9. The first-order valence-electron chi connectivity index (χ1n) is 11.2. The highest BCUT2D eigenvalue weighted by Gasteiger charge is 2.09. The van der Waals surface area contributed by atoms with Crippen LogP contribution in [0, 0.1) is 5.92 Å². The van der Waals surface area contributed by atoms with E-state index in [1.807, 2.05) is 50.3 Å². The Hall–Kier alpha value is -2.34. The van der Waals surface area contributed by atoms with Gasteiger partial charge in [0.2, 0.25) is 0 Å². The first kappa shape index (κ1) is 29.7. The van der Waals surface area contributed by atoms with Crippen molar-refractivity contribution in [3.63, 3.8) is 0 Å². The number of unbranched alkanes of at least 4 members (excludes halogenated alkanes) is 3. The molecule has 6 heteroatoms. The molecule has 0 heterocycles. The molecule has 1 amide bonds. The van der Waals surface area contributed by atoms with Crippen LogP contribution in [0.2, 0.25) is 0 Å². The van der Waals surface area contributed by atoms with E-state index in [-0.39, 0.29) is 6.10 Å². The highest BCUT2D eigenvalue weighted by molar-refractivity contribution is 9.11. The van der Waals surface area contributed by atoms with E-state index in [1.54, 1.807) is 6.08 Å². The second-order valence-corrected chi connectivity index (χ2v) is 8.52. The van der Waals surface area contributed by atoms with Crippen molar-refractivity contribution < 1.29 is 19.4 Å². The van der Waals surface area contributed by atoms with Crippen molar-refractivity contribution in [3.05, 3.63) is 70.8 Å². The highest BCUT2D eigenvalue weighted by Crippen LogP contribution is 2.24. The number of allylic oxidation sites excluding steroid dienone is 10. The summed E-state index contributed by atoms with van der Waals surface area (Å²) in [4.78, 5) is 21.4. The van der Waals surface area contributed by atoms with Gasteiger partial charge >= 0.3 is 12.1 Å². The van der Waals surface area contributed by atoms with Crippen LogP contribution in [0.25, 0.3) is 0 Å². The predicted octanol–water partition coefficient (Wildman–Crippen LogP) is 7.37. The van der Waals surface area contributed by atoms with Gasteiger partial charge in [-0.1, -0.05) is 103 Å². The number of aliphatic carboxylic acids is 1. The molecule has 2 unspecified atom stereocenters. The highest BCUT2D eigenvalue weighted by atomic mass is 79.9. The number of carbonyl (C=O) groups excluding carboxylic acids is 1. The standard InChI is InChI=1S/C26H38BrNO4/c1-4-5-17-23(32-26(28)31)18-9-7-6-8-16-22(3)24(27)19-12-10-14-21(2)15-11-13-20-25(29)30/h5,10-15,17,19-20,22-23H,4,6-9,16,18H2,1-3H3,(H2,28,31)(H,29,30)/b12-10+,15-11+,17-5+,20-13+,21-14+,24-19-. The number of ether oxygens (including phenoxy) is 1. The maximum atomic E-state index is 11.0. The van der Waals surface area contributed by atoms with E-state index in [9.17, 15) is 9.59 Å². The number of carbonyl (C=O) groups is 2. The molecule has 0 radical (unpaired) electrons. The lowest BCUT2D eigenvalue weighted by Crippen LogP contribution is -2.21. The molecule has 0 saturated carbocycles. The summed E-state index contributed by atoms with van der Waals surface area (Å²) >= 11 is 3.67. The van der Waals surface area contributed by atoms with Gasteiger partial charge in [-0.3, -0.25) is 0 Å². The zero-order valence-corrected chi connectivity index (χ0v) is 21.1. The molecule has 0 aliphatic carbocycles. The third-order valence-electron chi connectivity index (χ3n) is 4.64. The van der Waals surface area contributed by atoms with Crippen LogP contribution in [0.1, 0.15) is 65.7 Å². The number of hydrogen-bond donors (Lipinski definition) is 2. The van der Waals surface area contributed by atoms with Gasteiger partial charge in [0.1, 0.15) is 6.10 Å². The van der Waals surface area contributed by atoms with Gasteiger partial charge in [-0.15, -0.1) is 0 Å². The minimum atomic E-state index is -0.955. The number of nitrogens with two attached hydrogens (primary N) is 1. The fourth-order valence-corrected chi connectivity index (χ4v) is 3.22. The summed E-state index contributed by atoms with van der Waals surface area (Å²) in [7, 11) is 0. The van der Waals surface area contributed by atoms with Crippen LogP contribution in [0.3, 0.4) is 0 Å². The van der Waals surface area contributed by atoms with Crippen LogP contribution in [-0.2, 0) is 9.53 Å². The molecule has 2 atom stereocenters. The molecule has 3 N–H and O–H groups in total. The van der Waals surface area contributed by atoms with E-state index >= 15 is 0 Å². The predicted molar refractivity (Wildman–Crippen MR) is 137 cm³/mol. The molecule has 0 aliphatic rings. The maximum absolute atomic E-state index is 11.0. The maximum Gasteiger partial charge on any atom is 0.405 e. The van der Waals surface area contributed by atoms with Crippen molar-refractivity contribution in [2.45, 2.75) is 71.8 Å². The van der Waals surface area contributed by atoms with Gasteiger partial charge in [-0.05, 0) is 49.1 Å². The molecule has 0 saturated heterocycles. The number of primary amides is 1. The number of carboxylic acid groups (broad SMARTS) is 1. The third-order valence-corrected chi connectivity index (χ3v) is 5.68. The molecule has 0 spiro atoms. The van der Waals surface area contributed by atoms with E-state index in [0.717, 1.165) is 56.6 Å². The number of rotatable bonds is 16. The second kappa shape index (κ2) is 19.4. The van der Waals surface area contributed by atoms with Crippen molar-refractivity contribution in [2.24, 2.45) is 11.7 Å². The monoisotopic (exact) mass is 507 g/mol. The molecule has 0 rings (SSSR count). The van der Waals surface area contributed by atoms with E-state index in [4.69, 9.17) is 15.6 Å². The van der Waals surface area contributed by atoms with Crippen molar-refractivity contribution in [1.29, 1.82) is 0 Å². The van der Waals surface area contributed by atoms with E-state index in [0.29, 0.717) is 5.92 Å². The average molecular weight is 508 g/mol. The van der Waals surface area contributed by atoms with E-state index in [1.165, 1.54) is 10.6 Å². The minimum Gasteiger partial charge on any atom is -0.478 e. The third kappa shape index (κ3) is 18.4. The molecule has 0 aromatic rings. The van der Waals surface area contributed by atoms with Gasteiger partial charge in [0, 0.05) is 6.08 Å². The van der Waals surface area contributed by atoms with Crippen LogP contribution < -0.4 is 5.73 Å².